The summed E-state index contributed by atoms with van der Waals surface area (Å²) in [5.41, 5.74) is -0.798. The van der Waals surface area contributed by atoms with Crippen LogP contribution in [0.4, 0.5) is 18.9 Å². The van der Waals surface area contributed by atoms with Crippen molar-refractivity contribution in [3.05, 3.63) is 72.1 Å². The minimum absolute atomic E-state index is 0.0110. The lowest BCUT2D eigenvalue weighted by molar-refractivity contribution is -0.137. The molecule has 1 fully saturated rings. The predicted octanol–water partition coefficient (Wildman–Crippen LogP) is 4.32. The van der Waals surface area contributed by atoms with Gasteiger partial charge in [0.25, 0.3) is 5.91 Å². The summed E-state index contributed by atoms with van der Waals surface area (Å²) in [6, 6.07) is 10.0. The van der Waals surface area contributed by atoms with E-state index in [2.05, 4.69) is 10.4 Å². The Hall–Kier alpha value is -3.18. The van der Waals surface area contributed by atoms with Crippen molar-refractivity contribution < 1.29 is 26.4 Å². The first-order valence-corrected chi connectivity index (χ1v) is 11.7. The molecule has 0 unspecified atom stereocenters. The van der Waals surface area contributed by atoms with Gasteiger partial charge < -0.3 is 5.32 Å². The van der Waals surface area contributed by atoms with Gasteiger partial charge in [-0.2, -0.15) is 22.6 Å². The van der Waals surface area contributed by atoms with E-state index in [1.54, 1.807) is 6.07 Å². The molecule has 0 saturated carbocycles. The van der Waals surface area contributed by atoms with Crippen LogP contribution in [0.1, 0.15) is 35.2 Å². The number of rotatable bonds is 5. The molecule has 174 valence electrons. The molecule has 1 amide bonds. The predicted molar refractivity (Wildman–Crippen MR) is 116 cm³/mol. The van der Waals surface area contributed by atoms with Gasteiger partial charge in [0, 0.05) is 31.0 Å². The zero-order valence-corrected chi connectivity index (χ0v) is 18.2. The van der Waals surface area contributed by atoms with Gasteiger partial charge >= 0.3 is 6.18 Å². The number of anilines is 1. The van der Waals surface area contributed by atoms with Crippen molar-refractivity contribution >= 4 is 21.6 Å². The third-order valence-corrected chi connectivity index (χ3v) is 7.27. The second-order valence-electron chi connectivity index (χ2n) is 7.63. The Labute approximate surface area is 188 Å². The monoisotopic (exact) mass is 478 g/mol. The van der Waals surface area contributed by atoms with E-state index in [9.17, 15) is 26.4 Å². The number of hydrogen-bond acceptors (Lipinski definition) is 4. The largest absolute Gasteiger partial charge is 0.416 e. The topological polar surface area (TPSA) is 84.3 Å². The Morgan fingerprint density at radius 3 is 2.42 bits per heavy atom. The highest BCUT2D eigenvalue weighted by atomic mass is 32.2. The Bertz CT molecular complexity index is 1250. The summed E-state index contributed by atoms with van der Waals surface area (Å²) in [7, 11) is -3.77. The first kappa shape index (κ1) is 23.0. The van der Waals surface area contributed by atoms with Gasteiger partial charge in [0.1, 0.15) is 0 Å². The number of alkyl halides is 3. The van der Waals surface area contributed by atoms with E-state index >= 15 is 0 Å². The van der Waals surface area contributed by atoms with Crippen molar-refractivity contribution in [2.45, 2.75) is 30.3 Å². The molecule has 0 atom stereocenters. The highest BCUT2D eigenvalue weighted by Gasteiger charge is 2.32. The fourth-order valence-electron chi connectivity index (χ4n) is 3.67. The van der Waals surface area contributed by atoms with Crippen LogP contribution in [-0.4, -0.2) is 41.5 Å². The fraction of sp³-hybridized carbons (Fsp3) is 0.273. The summed E-state index contributed by atoms with van der Waals surface area (Å²) >= 11 is 0. The normalized spacial score (nSPS) is 15.4. The lowest BCUT2D eigenvalue weighted by Crippen LogP contribution is -2.35. The quantitative estimate of drug-likeness (QED) is 0.592. The first-order valence-electron chi connectivity index (χ1n) is 10.3. The van der Waals surface area contributed by atoms with Crippen molar-refractivity contribution in [3.8, 4) is 5.69 Å². The number of sulfonamides is 1. The minimum atomic E-state index is -4.61. The number of hydrogen-bond donors (Lipinski definition) is 1. The molecule has 4 rings (SSSR count). The highest BCUT2D eigenvalue weighted by molar-refractivity contribution is 7.89. The molecule has 7 nitrogen and oxygen atoms in total. The molecule has 0 radical (unpaired) electrons. The SMILES string of the molecule is O=C(Nc1cc(C(F)(F)F)ccc1-n1cccn1)c1cccc(S(=O)(=O)N2CCCCC2)c1. The molecule has 1 aliphatic heterocycles. The second kappa shape index (κ2) is 8.99. The highest BCUT2D eigenvalue weighted by Crippen LogP contribution is 2.33. The van der Waals surface area contributed by atoms with Gasteiger partial charge in [-0.25, -0.2) is 13.1 Å². The Kier molecular flexibility index (Phi) is 6.26. The van der Waals surface area contributed by atoms with Crippen molar-refractivity contribution in [1.82, 2.24) is 14.1 Å². The zero-order chi connectivity index (χ0) is 23.6. The molecule has 2 aromatic carbocycles. The molecule has 0 aliphatic carbocycles. The van der Waals surface area contributed by atoms with Crippen LogP contribution in [0.15, 0.2) is 65.8 Å². The molecule has 3 aromatic rings. The third kappa shape index (κ3) is 4.93. The van der Waals surface area contributed by atoms with E-state index in [1.165, 1.54) is 51.7 Å². The summed E-state index contributed by atoms with van der Waals surface area (Å²) in [5, 5.41) is 6.49. The van der Waals surface area contributed by atoms with Crippen LogP contribution in [0.3, 0.4) is 0 Å². The van der Waals surface area contributed by atoms with Crippen LogP contribution in [0.25, 0.3) is 5.69 Å². The zero-order valence-electron chi connectivity index (χ0n) is 17.4. The number of nitrogens with one attached hydrogen (secondary N) is 1. The molecule has 2 heterocycles. The average Bonchev–Trinajstić information content (AvgIpc) is 3.34. The van der Waals surface area contributed by atoms with E-state index in [1.807, 2.05) is 0 Å². The van der Waals surface area contributed by atoms with Crippen molar-refractivity contribution in [3.63, 3.8) is 0 Å². The van der Waals surface area contributed by atoms with E-state index in [4.69, 9.17) is 0 Å². The Morgan fingerprint density at radius 2 is 1.76 bits per heavy atom. The molecule has 1 aliphatic rings. The van der Waals surface area contributed by atoms with Crippen LogP contribution in [-0.2, 0) is 16.2 Å². The van der Waals surface area contributed by atoms with Crippen molar-refractivity contribution in [2.75, 3.05) is 18.4 Å². The number of aromatic nitrogens is 2. The smallest absolute Gasteiger partial charge is 0.320 e. The first-order chi connectivity index (χ1) is 15.7. The maximum atomic E-state index is 13.3. The van der Waals surface area contributed by atoms with Crippen LogP contribution >= 0.6 is 0 Å². The van der Waals surface area contributed by atoms with Crippen molar-refractivity contribution in [2.24, 2.45) is 0 Å². The molecule has 1 saturated heterocycles. The van der Waals surface area contributed by atoms with Crippen LogP contribution < -0.4 is 5.32 Å². The van der Waals surface area contributed by atoms with Gasteiger partial charge in [-0.15, -0.1) is 0 Å². The number of nitrogens with zero attached hydrogens (tertiary/aromatic N) is 3. The third-order valence-electron chi connectivity index (χ3n) is 5.37. The van der Waals surface area contributed by atoms with Gasteiger partial charge in [-0.1, -0.05) is 12.5 Å². The molecule has 0 spiro atoms. The number of carbonyl (C=O) groups excluding carboxylic acids is 1. The molecule has 33 heavy (non-hydrogen) atoms. The fourth-order valence-corrected chi connectivity index (χ4v) is 5.23. The molecular weight excluding hydrogens is 457 g/mol. The van der Waals surface area contributed by atoms with Gasteiger partial charge in [-0.3, -0.25) is 4.79 Å². The molecule has 1 N–H and O–H groups in total. The van der Waals surface area contributed by atoms with Gasteiger partial charge in [0.2, 0.25) is 10.0 Å². The average molecular weight is 478 g/mol. The van der Waals surface area contributed by atoms with E-state index < -0.39 is 27.7 Å². The molecule has 1 aromatic heterocycles. The number of amides is 1. The maximum Gasteiger partial charge on any atom is 0.416 e. The van der Waals surface area contributed by atoms with E-state index in [-0.39, 0.29) is 21.8 Å². The standard InChI is InChI=1S/C22H21F3N4O3S/c23-22(24,25)17-8-9-20(29-13-5-10-26-29)19(15-17)27-21(30)16-6-4-7-18(14-16)33(31,32)28-11-2-1-3-12-28/h4-10,13-15H,1-3,11-12H2,(H,27,30). The van der Waals surface area contributed by atoms with Crippen LogP contribution in [0, 0.1) is 0 Å². The number of halogens is 3. The Morgan fingerprint density at radius 1 is 1.00 bits per heavy atom. The number of benzene rings is 2. The van der Waals surface area contributed by atoms with Gasteiger partial charge in [0.15, 0.2) is 0 Å². The van der Waals surface area contributed by atoms with Crippen LogP contribution in [0.5, 0.6) is 0 Å². The lowest BCUT2D eigenvalue weighted by atomic mass is 10.1. The summed E-state index contributed by atoms with van der Waals surface area (Å²) in [5.74, 6) is -0.738. The number of carbonyl (C=O) groups is 1. The summed E-state index contributed by atoms with van der Waals surface area (Å²) in [6.07, 6.45) is 0.882. The molecular formula is C22H21F3N4O3S. The minimum Gasteiger partial charge on any atom is -0.320 e. The molecule has 0 bridgehead atoms. The van der Waals surface area contributed by atoms with E-state index in [0.717, 1.165) is 31.4 Å². The Balaban J connectivity index is 1.65. The van der Waals surface area contributed by atoms with Crippen LogP contribution in [0.2, 0.25) is 0 Å². The van der Waals surface area contributed by atoms with E-state index in [0.29, 0.717) is 13.1 Å². The summed E-state index contributed by atoms with van der Waals surface area (Å²) < 4.78 is 68.4. The van der Waals surface area contributed by atoms with Gasteiger partial charge in [0.05, 0.1) is 21.8 Å². The van der Waals surface area contributed by atoms with Crippen molar-refractivity contribution in [1.29, 1.82) is 0 Å². The summed E-state index contributed by atoms with van der Waals surface area (Å²) in [4.78, 5) is 12.9. The maximum absolute atomic E-state index is 13.3. The lowest BCUT2D eigenvalue weighted by Gasteiger charge is -2.26. The molecule has 11 heteroatoms. The number of piperidine rings is 1. The van der Waals surface area contributed by atoms with Gasteiger partial charge in [-0.05, 0) is 55.3 Å². The second-order valence-corrected chi connectivity index (χ2v) is 9.56. The summed E-state index contributed by atoms with van der Waals surface area (Å²) in [6.45, 7) is 0.826.